The monoisotopic (exact) mass is 439 g/mol. The van der Waals surface area contributed by atoms with Gasteiger partial charge in [0.05, 0.1) is 29.3 Å². The Kier molecular flexibility index (Phi) is 5.44. The number of carbonyl (C=O) groups is 1. The standard InChI is InChI=1S/C22H21N3O3S2/c1-15-6-5-7-16(12-15)21-13-20(23-25(21)22(26)17-10-11-29-14-17)18-8-3-4-9-19(18)24-30(2,27)28/h3-12,14,21,24H,13H2,1-2H3. The van der Waals surface area contributed by atoms with Crippen LogP contribution >= 0.6 is 11.3 Å². The lowest BCUT2D eigenvalue weighted by Crippen LogP contribution is -2.26. The molecule has 1 N–H and O–H groups in total. The second-order valence-electron chi connectivity index (χ2n) is 7.26. The molecule has 1 aliphatic heterocycles. The van der Waals surface area contributed by atoms with E-state index in [4.69, 9.17) is 0 Å². The van der Waals surface area contributed by atoms with E-state index in [9.17, 15) is 13.2 Å². The molecule has 1 amide bonds. The fourth-order valence-electron chi connectivity index (χ4n) is 3.54. The molecule has 3 aromatic rings. The molecule has 1 aromatic heterocycles. The molecule has 0 radical (unpaired) electrons. The summed E-state index contributed by atoms with van der Waals surface area (Å²) in [7, 11) is -3.45. The van der Waals surface area contributed by atoms with E-state index in [1.807, 2.05) is 48.0 Å². The highest BCUT2D eigenvalue weighted by atomic mass is 32.2. The fraction of sp³-hybridized carbons (Fsp3) is 0.182. The van der Waals surface area contributed by atoms with E-state index in [-0.39, 0.29) is 11.9 Å². The van der Waals surface area contributed by atoms with E-state index in [2.05, 4.69) is 15.9 Å². The third-order valence-corrected chi connectivity index (χ3v) is 6.12. The van der Waals surface area contributed by atoms with Crippen LogP contribution in [0.2, 0.25) is 0 Å². The van der Waals surface area contributed by atoms with Crippen LogP contribution in [0.3, 0.4) is 0 Å². The van der Waals surface area contributed by atoms with Gasteiger partial charge in [-0.1, -0.05) is 48.0 Å². The van der Waals surface area contributed by atoms with Crippen molar-refractivity contribution in [2.45, 2.75) is 19.4 Å². The predicted molar refractivity (Wildman–Crippen MR) is 120 cm³/mol. The van der Waals surface area contributed by atoms with Crippen molar-refractivity contribution in [3.63, 3.8) is 0 Å². The first-order chi connectivity index (χ1) is 14.3. The zero-order chi connectivity index (χ0) is 21.3. The first-order valence-corrected chi connectivity index (χ1v) is 12.2. The highest BCUT2D eigenvalue weighted by molar-refractivity contribution is 7.92. The molecule has 2 heterocycles. The Morgan fingerprint density at radius 1 is 1.17 bits per heavy atom. The van der Waals surface area contributed by atoms with Crippen LogP contribution in [0, 0.1) is 6.92 Å². The fourth-order valence-corrected chi connectivity index (χ4v) is 4.75. The number of nitrogens with zero attached hydrogens (tertiary/aromatic N) is 2. The summed E-state index contributed by atoms with van der Waals surface area (Å²) in [4.78, 5) is 13.2. The topological polar surface area (TPSA) is 78.8 Å². The van der Waals surface area contributed by atoms with Gasteiger partial charge in [-0.2, -0.15) is 16.4 Å². The number of amides is 1. The maximum atomic E-state index is 13.2. The molecule has 6 nitrogen and oxygen atoms in total. The number of aryl methyl sites for hydroxylation is 1. The van der Waals surface area contributed by atoms with Gasteiger partial charge in [0.25, 0.3) is 5.91 Å². The first kappa shape index (κ1) is 20.3. The smallest absolute Gasteiger partial charge is 0.275 e. The molecule has 2 aromatic carbocycles. The second-order valence-corrected chi connectivity index (χ2v) is 9.79. The van der Waals surface area contributed by atoms with E-state index >= 15 is 0 Å². The Hall–Kier alpha value is -2.97. The number of rotatable bonds is 5. The maximum absolute atomic E-state index is 13.2. The largest absolute Gasteiger partial charge is 0.283 e. The number of hydrazone groups is 1. The van der Waals surface area contributed by atoms with Crippen LogP contribution in [0.1, 0.15) is 39.5 Å². The lowest BCUT2D eigenvalue weighted by molar-refractivity contribution is 0.0711. The highest BCUT2D eigenvalue weighted by Crippen LogP contribution is 2.36. The zero-order valence-electron chi connectivity index (χ0n) is 16.6. The van der Waals surface area contributed by atoms with Crippen LogP contribution in [0.4, 0.5) is 5.69 Å². The van der Waals surface area contributed by atoms with Crippen molar-refractivity contribution in [1.29, 1.82) is 0 Å². The van der Waals surface area contributed by atoms with Crippen molar-refractivity contribution in [2.75, 3.05) is 11.0 Å². The molecule has 4 rings (SSSR count). The lowest BCUT2D eigenvalue weighted by atomic mass is 9.96. The molecule has 8 heteroatoms. The number of anilines is 1. The summed E-state index contributed by atoms with van der Waals surface area (Å²) in [5.74, 6) is -0.175. The van der Waals surface area contributed by atoms with Gasteiger partial charge in [-0.05, 0) is 30.0 Å². The predicted octanol–water partition coefficient (Wildman–Crippen LogP) is 4.42. The average Bonchev–Trinajstić information content (AvgIpc) is 3.37. The molecular formula is C22H21N3O3S2. The van der Waals surface area contributed by atoms with Gasteiger partial charge in [-0.25, -0.2) is 13.4 Å². The molecule has 0 spiro atoms. The summed E-state index contributed by atoms with van der Waals surface area (Å²) in [6.45, 7) is 2.01. The Balaban J connectivity index is 1.77. The second kappa shape index (κ2) is 8.04. The molecule has 0 aliphatic carbocycles. The van der Waals surface area contributed by atoms with E-state index in [0.717, 1.165) is 17.4 Å². The summed E-state index contributed by atoms with van der Waals surface area (Å²) in [5.41, 5.74) is 4.46. The molecule has 0 bridgehead atoms. The third-order valence-electron chi connectivity index (χ3n) is 4.85. The number of hydrogen-bond donors (Lipinski definition) is 1. The van der Waals surface area contributed by atoms with Crippen molar-refractivity contribution in [3.8, 4) is 0 Å². The molecule has 1 atom stereocenters. The van der Waals surface area contributed by atoms with Crippen LogP contribution in [0.5, 0.6) is 0 Å². The van der Waals surface area contributed by atoms with Gasteiger partial charge in [0, 0.05) is 17.4 Å². The number of benzene rings is 2. The summed E-state index contributed by atoms with van der Waals surface area (Å²) < 4.78 is 26.2. The van der Waals surface area contributed by atoms with Gasteiger partial charge in [-0.3, -0.25) is 9.52 Å². The number of para-hydroxylation sites is 1. The summed E-state index contributed by atoms with van der Waals surface area (Å²) in [6.07, 6.45) is 1.60. The Morgan fingerprint density at radius 3 is 2.67 bits per heavy atom. The summed E-state index contributed by atoms with van der Waals surface area (Å²) in [5, 5.41) is 9.85. The van der Waals surface area contributed by atoms with Crippen LogP contribution < -0.4 is 4.72 Å². The minimum absolute atomic E-state index is 0.175. The lowest BCUT2D eigenvalue weighted by Gasteiger charge is -2.22. The average molecular weight is 440 g/mol. The quantitative estimate of drug-likeness (QED) is 0.639. The van der Waals surface area contributed by atoms with E-state index < -0.39 is 10.0 Å². The normalized spacial score (nSPS) is 16.4. The van der Waals surface area contributed by atoms with Crippen LogP contribution in [-0.2, 0) is 10.0 Å². The van der Waals surface area contributed by atoms with Crippen molar-refractivity contribution in [3.05, 3.63) is 87.6 Å². The van der Waals surface area contributed by atoms with Gasteiger partial charge in [0.1, 0.15) is 0 Å². The molecular weight excluding hydrogens is 418 g/mol. The number of sulfonamides is 1. The number of hydrogen-bond acceptors (Lipinski definition) is 5. The summed E-state index contributed by atoms with van der Waals surface area (Å²) in [6, 6.07) is 16.6. The van der Waals surface area contributed by atoms with Crippen molar-refractivity contribution >= 4 is 38.7 Å². The van der Waals surface area contributed by atoms with Crippen LogP contribution in [0.15, 0.2) is 70.5 Å². The highest BCUT2D eigenvalue weighted by Gasteiger charge is 2.34. The molecule has 1 aliphatic rings. The summed E-state index contributed by atoms with van der Waals surface area (Å²) >= 11 is 1.46. The van der Waals surface area contributed by atoms with Gasteiger partial charge in [0.15, 0.2) is 0 Å². The Bertz CT molecular complexity index is 1220. The molecule has 0 fully saturated rings. The third kappa shape index (κ3) is 4.29. The minimum atomic E-state index is -3.45. The molecule has 154 valence electrons. The van der Waals surface area contributed by atoms with E-state index in [1.165, 1.54) is 16.3 Å². The van der Waals surface area contributed by atoms with Crippen molar-refractivity contribution in [1.82, 2.24) is 5.01 Å². The number of nitrogens with one attached hydrogen (secondary N) is 1. The van der Waals surface area contributed by atoms with Crippen molar-refractivity contribution in [2.24, 2.45) is 5.10 Å². The minimum Gasteiger partial charge on any atom is -0.283 e. The maximum Gasteiger partial charge on any atom is 0.275 e. The van der Waals surface area contributed by atoms with E-state index in [0.29, 0.717) is 28.9 Å². The Morgan fingerprint density at radius 2 is 1.97 bits per heavy atom. The number of carbonyl (C=O) groups excluding carboxylic acids is 1. The molecule has 0 saturated heterocycles. The zero-order valence-corrected chi connectivity index (χ0v) is 18.2. The van der Waals surface area contributed by atoms with Gasteiger partial charge < -0.3 is 0 Å². The van der Waals surface area contributed by atoms with Crippen molar-refractivity contribution < 1.29 is 13.2 Å². The number of thiophene rings is 1. The Labute approximate surface area is 179 Å². The van der Waals surface area contributed by atoms with Crippen LogP contribution in [-0.4, -0.2) is 31.3 Å². The molecule has 30 heavy (non-hydrogen) atoms. The molecule has 1 unspecified atom stereocenters. The van der Waals surface area contributed by atoms with Gasteiger partial charge in [0.2, 0.25) is 10.0 Å². The van der Waals surface area contributed by atoms with Crippen LogP contribution in [0.25, 0.3) is 0 Å². The van der Waals surface area contributed by atoms with Gasteiger partial charge >= 0.3 is 0 Å². The SMILES string of the molecule is Cc1cccc(C2CC(c3ccccc3NS(C)(=O)=O)=NN2C(=O)c2ccsc2)c1. The first-order valence-electron chi connectivity index (χ1n) is 9.39. The molecule has 0 saturated carbocycles. The van der Waals surface area contributed by atoms with E-state index in [1.54, 1.807) is 18.2 Å². The van der Waals surface area contributed by atoms with Gasteiger partial charge in [-0.15, -0.1) is 0 Å².